The number of benzene rings is 1. The first-order chi connectivity index (χ1) is 8.63. The van der Waals surface area contributed by atoms with Gasteiger partial charge in [0.05, 0.1) is 7.11 Å². The predicted molar refractivity (Wildman–Crippen MR) is 71.5 cm³/mol. The molecule has 1 aromatic carbocycles. The van der Waals surface area contributed by atoms with Crippen LogP contribution in [0.3, 0.4) is 0 Å². The minimum absolute atomic E-state index is 0.0178. The number of hydrogen-bond acceptors (Lipinski definition) is 2. The highest BCUT2D eigenvalue weighted by Crippen LogP contribution is 2.40. The van der Waals surface area contributed by atoms with Crippen molar-refractivity contribution < 1.29 is 9.13 Å². The summed E-state index contributed by atoms with van der Waals surface area (Å²) in [6.45, 7) is 2.41. The molecule has 1 aliphatic rings. The van der Waals surface area contributed by atoms with E-state index in [1.54, 1.807) is 6.92 Å². The average Bonchev–Trinajstić information content (AvgIpc) is 2.42. The highest BCUT2D eigenvalue weighted by molar-refractivity contribution is 5.40. The maximum absolute atomic E-state index is 13.8. The van der Waals surface area contributed by atoms with Crippen molar-refractivity contribution in [2.45, 2.75) is 44.4 Å². The van der Waals surface area contributed by atoms with Gasteiger partial charge in [0.15, 0.2) is 11.6 Å². The summed E-state index contributed by atoms with van der Waals surface area (Å²) in [5.74, 6) is 0.0765. The van der Waals surface area contributed by atoms with Gasteiger partial charge < -0.3 is 10.5 Å². The lowest BCUT2D eigenvalue weighted by atomic mass is 9.69. The lowest BCUT2D eigenvalue weighted by molar-refractivity contribution is 0.298. The molecule has 0 aromatic heterocycles. The number of rotatable bonds is 3. The Morgan fingerprint density at radius 2 is 1.94 bits per heavy atom. The number of methoxy groups -OCH3 is 1. The van der Waals surface area contributed by atoms with Crippen molar-refractivity contribution in [3.8, 4) is 5.75 Å². The Morgan fingerprint density at radius 1 is 1.28 bits per heavy atom. The Kier molecular flexibility index (Phi) is 3.91. The smallest absolute Gasteiger partial charge is 0.167 e. The third-order valence-corrected chi connectivity index (χ3v) is 4.25. The third kappa shape index (κ3) is 2.24. The van der Waals surface area contributed by atoms with Gasteiger partial charge in [-0.25, -0.2) is 4.39 Å². The van der Waals surface area contributed by atoms with Gasteiger partial charge in [-0.3, -0.25) is 0 Å². The fourth-order valence-electron chi connectivity index (χ4n) is 3.03. The molecule has 0 amide bonds. The molecule has 1 saturated carbocycles. The monoisotopic (exact) mass is 251 g/mol. The summed E-state index contributed by atoms with van der Waals surface area (Å²) < 4.78 is 19.0. The van der Waals surface area contributed by atoms with E-state index in [2.05, 4.69) is 0 Å². The van der Waals surface area contributed by atoms with E-state index in [-0.39, 0.29) is 11.2 Å². The van der Waals surface area contributed by atoms with E-state index >= 15 is 0 Å². The molecule has 0 atom stereocenters. The van der Waals surface area contributed by atoms with Gasteiger partial charge in [-0.05, 0) is 37.0 Å². The molecule has 0 radical (unpaired) electrons. The molecule has 0 heterocycles. The molecule has 2 rings (SSSR count). The van der Waals surface area contributed by atoms with Gasteiger partial charge in [0.1, 0.15) is 0 Å². The molecule has 1 aliphatic carbocycles. The van der Waals surface area contributed by atoms with E-state index < -0.39 is 0 Å². The first-order valence-corrected chi connectivity index (χ1v) is 6.67. The molecule has 100 valence electrons. The second kappa shape index (κ2) is 5.27. The molecule has 0 unspecified atom stereocenters. The Bertz CT molecular complexity index is 425. The molecule has 0 saturated heterocycles. The molecule has 0 aliphatic heterocycles. The number of aryl methyl sites for hydroxylation is 1. The van der Waals surface area contributed by atoms with Gasteiger partial charge in [-0.2, -0.15) is 0 Å². The Morgan fingerprint density at radius 3 is 2.50 bits per heavy atom. The molecular formula is C15H22FNO. The zero-order valence-corrected chi connectivity index (χ0v) is 11.3. The highest BCUT2D eigenvalue weighted by Gasteiger charge is 2.33. The van der Waals surface area contributed by atoms with E-state index in [1.165, 1.54) is 26.4 Å². The number of halogens is 1. The van der Waals surface area contributed by atoms with Gasteiger partial charge in [0.2, 0.25) is 0 Å². The molecule has 18 heavy (non-hydrogen) atoms. The van der Waals surface area contributed by atoms with Crippen LogP contribution in [0.15, 0.2) is 12.1 Å². The molecule has 2 N–H and O–H groups in total. The maximum atomic E-state index is 13.8. The van der Waals surface area contributed by atoms with Crippen molar-refractivity contribution in [3.05, 3.63) is 29.1 Å². The topological polar surface area (TPSA) is 35.2 Å². The Balaban J connectivity index is 2.45. The van der Waals surface area contributed by atoms with E-state index in [0.29, 0.717) is 17.9 Å². The molecule has 0 bridgehead atoms. The zero-order chi connectivity index (χ0) is 13.2. The molecule has 1 fully saturated rings. The standard InChI is InChI=1S/C15H22FNO/c1-11-8-12(9-13(18-2)14(11)16)15(10-17)6-4-3-5-7-15/h8-9H,3-7,10,17H2,1-2H3. The van der Waals surface area contributed by atoms with E-state index in [9.17, 15) is 4.39 Å². The summed E-state index contributed by atoms with van der Waals surface area (Å²) in [5, 5.41) is 0. The van der Waals surface area contributed by atoms with E-state index in [0.717, 1.165) is 18.4 Å². The summed E-state index contributed by atoms with van der Waals surface area (Å²) in [7, 11) is 1.51. The predicted octanol–water partition coefficient (Wildman–Crippen LogP) is 3.30. The van der Waals surface area contributed by atoms with Gasteiger partial charge in [-0.15, -0.1) is 0 Å². The fourth-order valence-corrected chi connectivity index (χ4v) is 3.03. The summed E-state index contributed by atoms with van der Waals surface area (Å²) in [4.78, 5) is 0. The second-order valence-electron chi connectivity index (χ2n) is 5.35. The number of ether oxygens (including phenoxy) is 1. The first kappa shape index (κ1) is 13.3. The molecule has 1 aromatic rings. The minimum atomic E-state index is -0.260. The van der Waals surface area contributed by atoms with Crippen LogP contribution < -0.4 is 10.5 Å². The van der Waals surface area contributed by atoms with Crippen LogP contribution in [0.25, 0.3) is 0 Å². The maximum Gasteiger partial charge on any atom is 0.167 e. The largest absolute Gasteiger partial charge is 0.494 e. The van der Waals surface area contributed by atoms with Crippen LogP contribution in [0.4, 0.5) is 4.39 Å². The first-order valence-electron chi connectivity index (χ1n) is 6.67. The van der Waals surface area contributed by atoms with Crippen molar-refractivity contribution in [1.29, 1.82) is 0 Å². The lowest BCUT2D eigenvalue weighted by Gasteiger charge is -2.37. The SMILES string of the molecule is COc1cc(C2(CN)CCCCC2)cc(C)c1F. The van der Waals surface area contributed by atoms with Gasteiger partial charge in [0, 0.05) is 12.0 Å². The van der Waals surface area contributed by atoms with Gasteiger partial charge in [-0.1, -0.05) is 25.3 Å². The van der Waals surface area contributed by atoms with Crippen LogP contribution in [-0.2, 0) is 5.41 Å². The average molecular weight is 251 g/mol. The third-order valence-electron chi connectivity index (χ3n) is 4.25. The Hall–Kier alpha value is -1.09. The summed E-state index contributed by atoms with van der Waals surface area (Å²) in [5.41, 5.74) is 7.81. The molecule has 2 nitrogen and oxygen atoms in total. The second-order valence-corrected chi connectivity index (χ2v) is 5.35. The van der Waals surface area contributed by atoms with Gasteiger partial charge >= 0.3 is 0 Å². The normalized spacial score (nSPS) is 18.7. The lowest BCUT2D eigenvalue weighted by Crippen LogP contribution is -2.37. The summed E-state index contributed by atoms with van der Waals surface area (Å²) in [6, 6.07) is 3.77. The van der Waals surface area contributed by atoms with E-state index in [1.807, 2.05) is 12.1 Å². The van der Waals surface area contributed by atoms with Crippen molar-refractivity contribution in [1.82, 2.24) is 0 Å². The Labute approximate surface area is 108 Å². The fraction of sp³-hybridized carbons (Fsp3) is 0.600. The van der Waals surface area contributed by atoms with Crippen molar-refractivity contribution in [3.63, 3.8) is 0 Å². The molecule has 3 heteroatoms. The quantitative estimate of drug-likeness (QED) is 0.894. The number of nitrogens with two attached hydrogens (primary N) is 1. The molecular weight excluding hydrogens is 229 g/mol. The summed E-state index contributed by atoms with van der Waals surface area (Å²) in [6.07, 6.45) is 5.88. The highest BCUT2D eigenvalue weighted by atomic mass is 19.1. The van der Waals surface area contributed by atoms with Gasteiger partial charge in [0.25, 0.3) is 0 Å². The van der Waals surface area contributed by atoms with Crippen LogP contribution in [0, 0.1) is 12.7 Å². The van der Waals surface area contributed by atoms with Crippen molar-refractivity contribution >= 4 is 0 Å². The van der Waals surface area contributed by atoms with E-state index in [4.69, 9.17) is 10.5 Å². The van der Waals surface area contributed by atoms with Crippen molar-refractivity contribution in [2.75, 3.05) is 13.7 Å². The van der Waals surface area contributed by atoms with Crippen LogP contribution in [0.5, 0.6) is 5.75 Å². The van der Waals surface area contributed by atoms with Crippen LogP contribution in [0.2, 0.25) is 0 Å². The zero-order valence-electron chi connectivity index (χ0n) is 11.3. The van der Waals surface area contributed by atoms with Crippen LogP contribution in [-0.4, -0.2) is 13.7 Å². The van der Waals surface area contributed by atoms with Crippen LogP contribution in [0.1, 0.15) is 43.2 Å². The summed E-state index contributed by atoms with van der Waals surface area (Å²) >= 11 is 0. The van der Waals surface area contributed by atoms with Crippen LogP contribution >= 0.6 is 0 Å². The minimum Gasteiger partial charge on any atom is -0.494 e. The molecule has 0 spiro atoms. The van der Waals surface area contributed by atoms with Crippen molar-refractivity contribution in [2.24, 2.45) is 5.73 Å². The number of hydrogen-bond donors (Lipinski definition) is 1.